The Kier molecular flexibility index (Phi) is 5.61. The van der Waals surface area contributed by atoms with Crippen LogP contribution in [0.3, 0.4) is 0 Å². The van der Waals surface area contributed by atoms with E-state index in [1.54, 1.807) is 0 Å². The molecule has 3 rings (SSSR count). The molecule has 4 heteroatoms. The summed E-state index contributed by atoms with van der Waals surface area (Å²) >= 11 is 0. The quantitative estimate of drug-likeness (QED) is 0.643. The fourth-order valence-electron chi connectivity index (χ4n) is 4.40. The lowest BCUT2D eigenvalue weighted by Gasteiger charge is -2.33. The molecule has 0 aromatic rings. The second-order valence-electron chi connectivity index (χ2n) is 7.48. The molecule has 0 unspecified atom stereocenters. The lowest BCUT2D eigenvalue weighted by Crippen LogP contribution is -2.42. The molecule has 4 nitrogen and oxygen atoms in total. The molecule has 0 aromatic heterocycles. The van der Waals surface area contributed by atoms with Crippen molar-refractivity contribution in [3.8, 4) is 0 Å². The molecule has 1 N–H and O–H groups in total. The number of aliphatic imine (C=N–C) groups is 1. The average Bonchev–Trinajstić information content (AvgIpc) is 2.96. The highest BCUT2D eigenvalue weighted by molar-refractivity contribution is 5.80. The van der Waals surface area contributed by atoms with Crippen LogP contribution in [0.25, 0.3) is 0 Å². The minimum atomic E-state index is 0.604. The van der Waals surface area contributed by atoms with Gasteiger partial charge in [0.15, 0.2) is 5.96 Å². The van der Waals surface area contributed by atoms with Crippen LogP contribution in [0.15, 0.2) is 4.99 Å². The summed E-state index contributed by atoms with van der Waals surface area (Å²) in [6, 6.07) is 0. The van der Waals surface area contributed by atoms with Crippen LogP contribution in [-0.4, -0.2) is 50.3 Å². The van der Waals surface area contributed by atoms with Crippen LogP contribution in [0, 0.1) is 11.3 Å². The van der Waals surface area contributed by atoms with Crippen LogP contribution in [0.5, 0.6) is 0 Å². The van der Waals surface area contributed by atoms with E-state index in [1.807, 2.05) is 0 Å². The highest BCUT2D eigenvalue weighted by Crippen LogP contribution is 2.43. The monoisotopic (exact) mass is 307 g/mol. The molecule has 1 aliphatic carbocycles. The zero-order valence-electron chi connectivity index (χ0n) is 14.3. The van der Waals surface area contributed by atoms with Gasteiger partial charge in [0.1, 0.15) is 0 Å². The zero-order valence-corrected chi connectivity index (χ0v) is 14.3. The molecular weight excluding hydrogens is 274 g/mol. The van der Waals surface area contributed by atoms with Gasteiger partial charge in [-0.25, -0.2) is 0 Å². The minimum Gasteiger partial charge on any atom is -0.381 e. The number of hydrogen-bond donors (Lipinski definition) is 1. The van der Waals surface area contributed by atoms with Crippen molar-refractivity contribution in [3.63, 3.8) is 0 Å². The highest BCUT2D eigenvalue weighted by Gasteiger charge is 2.39. The molecule has 0 amide bonds. The van der Waals surface area contributed by atoms with Gasteiger partial charge in [0.25, 0.3) is 0 Å². The maximum absolute atomic E-state index is 5.45. The summed E-state index contributed by atoms with van der Waals surface area (Å²) in [5, 5.41) is 3.53. The molecule has 0 bridgehead atoms. The van der Waals surface area contributed by atoms with Gasteiger partial charge in [-0.3, -0.25) is 4.99 Å². The fraction of sp³-hybridized carbons (Fsp3) is 0.944. The first-order valence-electron chi connectivity index (χ1n) is 9.42. The fourth-order valence-corrected chi connectivity index (χ4v) is 4.40. The van der Waals surface area contributed by atoms with E-state index in [2.05, 4.69) is 17.1 Å². The number of nitrogens with one attached hydrogen (secondary N) is 1. The number of nitrogens with zero attached hydrogens (tertiary/aromatic N) is 2. The third-order valence-electron chi connectivity index (χ3n) is 5.83. The van der Waals surface area contributed by atoms with Crippen molar-refractivity contribution < 1.29 is 4.74 Å². The first-order chi connectivity index (χ1) is 10.8. The molecular formula is C18H33N3O. The van der Waals surface area contributed by atoms with Gasteiger partial charge in [0, 0.05) is 39.4 Å². The molecule has 3 fully saturated rings. The standard InChI is InChI=1S/C18H33N3O/c1-2-19-17(20-14-16-6-12-22-13-7-16)21-11-10-18(15-21)8-4-3-5-9-18/h16H,2-15H2,1H3,(H,19,20). The second-order valence-corrected chi connectivity index (χ2v) is 7.48. The van der Waals surface area contributed by atoms with Crippen molar-refractivity contribution in [2.75, 3.05) is 39.4 Å². The summed E-state index contributed by atoms with van der Waals surface area (Å²) in [5.41, 5.74) is 0.604. The van der Waals surface area contributed by atoms with Crippen molar-refractivity contribution in [2.24, 2.45) is 16.3 Å². The van der Waals surface area contributed by atoms with Gasteiger partial charge in [-0.2, -0.15) is 0 Å². The Balaban J connectivity index is 1.58. The van der Waals surface area contributed by atoms with E-state index >= 15 is 0 Å². The topological polar surface area (TPSA) is 36.9 Å². The number of likely N-dealkylation sites (tertiary alicyclic amines) is 1. The van der Waals surface area contributed by atoms with E-state index in [0.717, 1.165) is 32.3 Å². The number of ether oxygens (including phenoxy) is 1. The van der Waals surface area contributed by atoms with Crippen LogP contribution in [0.1, 0.15) is 58.3 Å². The SMILES string of the molecule is CCNC(=NCC1CCOCC1)N1CCC2(CCCCC2)C1. The lowest BCUT2D eigenvalue weighted by molar-refractivity contribution is 0.0688. The Morgan fingerprint density at radius 3 is 2.68 bits per heavy atom. The van der Waals surface area contributed by atoms with E-state index < -0.39 is 0 Å². The summed E-state index contributed by atoms with van der Waals surface area (Å²) < 4.78 is 5.45. The van der Waals surface area contributed by atoms with Gasteiger partial charge < -0.3 is 15.0 Å². The molecule has 2 saturated heterocycles. The van der Waals surface area contributed by atoms with Crippen molar-refractivity contribution in [3.05, 3.63) is 0 Å². The van der Waals surface area contributed by atoms with E-state index in [-0.39, 0.29) is 0 Å². The second kappa shape index (κ2) is 7.67. The summed E-state index contributed by atoms with van der Waals surface area (Å²) in [6.07, 6.45) is 10.9. The zero-order chi connectivity index (χ0) is 15.3. The maximum atomic E-state index is 5.45. The normalized spacial score (nSPS) is 26.6. The molecule has 0 atom stereocenters. The van der Waals surface area contributed by atoms with Crippen molar-refractivity contribution in [2.45, 2.75) is 58.3 Å². The van der Waals surface area contributed by atoms with E-state index in [4.69, 9.17) is 9.73 Å². The molecule has 3 aliphatic rings. The molecule has 0 radical (unpaired) electrons. The first kappa shape index (κ1) is 16.1. The summed E-state index contributed by atoms with van der Waals surface area (Å²) in [4.78, 5) is 7.51. The van der Waals surface area contributed by atoms with Gasteiger partial charge in [-0.15, -0.1) is 0 Å². The molecule has 0 aromatic carbocycles. The van der Waals surface area contributed by atoms with Gasteiger partial charge in [0.2, 0.25) is 0 Å². The Morgan fingerprint density at radius 1 is 1.18 bits per heavy atom. The van der Waals surface area contributed by atoms with Gasteiger partial charge in [0.05, 0.1) is 0 Å². The molecule has 2 heterocycles. The van der Waals surface area contributed by atoms with Crippen LogP contribution >= 0.6 is 0 Å². The van der Waals surface area contributed by atoms with Crippen LogP contribution in [0.4, 0.5) is 0 Å². The molecule has 1 saturated carbocycles. The van der Waals surface area contributed by atoms with Crippen molar-refractivity contribution in [1.29, 1.82) is 0 Å². The third-order valence-corrected chi connectivity index (χ3v) is 5.83. The van der Waals surface area contributed by atoms with E-state index in [1.165, 1.54) is 64.5 Å². The van der Waals surface area contributed by atoms with Crippen molar-refractivity contribution in [1.82, 2.24) is 10.2 Å². The summed E-state index contributed by atoms with van der Waals surface area (Å²) in [7, 11) is 0. The molecule has 2 aliphatic heterocycles. The van der Waals surface area contributed by atoms with Crippen molar-refractivity contribution >= 4 is 5.96 Å². The Labute approximate surface area is 135 Å². The number of guanidine groups is 1. The third kappa shape index (κ3) is 3.95. The predicted octanol–water partition coefficient (Wildman–Crippen LogP) is 3.03. The Morgan fingerprint density at radius 2 is 1.95 bits per heavy atom. The molecule has 126 valence electrons. The number of hydrogen-bond acceptors (Lipinski definition) is 2. The Hall–Kier alpha value is -0.770. The molecule has 22 heavy (non-hydrogen) atoms. The average molecular weight is 307 g/mol. The van der Waals surface area contributed by atoms with E-state index in [0.29, 0.717) is 11.3 Å². The summed E-state index contributed by atoms with van der Waals surface area (Å²) in [6.45, 7) is 8.38. The minimum absolute atomic E-state index is 0.604. The predicted molar refractivity (Wildman–Crippen MR) is 91.2 cm³/mol. The highest BCUT2D eigenvalue weighted by atomic mass is 16.5. The smallest absolute Gasteiger partial charge is 0.193 e. The number of rotatable bonds is 3. The lowest BCUT2D eigenvalue weighted by atomic mass is 9.73. The van der Waals surface area contributed by atoms with Crippen LogP contribution in [0.2, 0.25) is 0 Å². The van der Waals surface area contributed by atoms with Gasteiger partial charge in [-0.05, 0) is 50.4 Å². The molecule has 1 spiro atoms. The van der Waals surface area contributed by atoms with Gasteiger partial charge in [-0.1, -0.05) is 19.3 Å². The van der Waals surface area contributed by atoms with Crippen LogP contribution < -0.4 is 5.32 Å². The van der Waals surface area contributed by atoms with E-state index in [9.17, 15) is 0 Å². The van der Waals surface area contributed by atoms with Gasteiger partial charge >= 0.3 is 0 Å². The first-order valence-corrected chi connectivity index (χ1v) is 9.42. The Bertz CT molecular complexity index is 371. The largest absolute Gasteiger partial charge is 0.381 e. The van der Waals surface area contributed by atoms with Crippen LogP contribution in [-0.2, 0) is 4.74 Å². The maximum Gasteiger partial charge on any atom is 0.193 e. The summed E-state index contributed by atoms with van der Waals surface area (Å²) in [5.74, 6) is 1.88.